The quantitative estimate of drug-likeness (QED) is 0.462. The standard InChI is InChI=1S/C5H4ClNO2/c6-3-4(8)5-7-1-2-9-5/h1-2H,3H2. The lowest BCUT2D eigenvalue weighted by Crippen LogP contribution is -1.99. The number of hydrogen-bond acceptors (Lipinski definition) is 3. The minimum atomic E-state index is -0.290. The molecular formula is C5H4ClNO2. The Balaban J connectivity index is 2.77. The number of hydrogen-bond donors (Lipinski definition) is 0. The van der Waals surface area contributed by atoms with Gasteiger partial charge in [-0.3, -0.25) is 4.79 Å². The highest BCUT2D eigenvalue weighted by atomic mass is 35.5. The Hall–Kier alpha value is -0.830. The summed E-state index contributed by atoms with van der Waals surface area (Å²) in [6.07, 6.45) is 2.74. The van der Waals surface area contributed by atoms with Crippen molar-refractivity contribution in [3.8, 4) is 0 Å². The molecule has 0 aliphatic rings. The summed E-state index contributed by atoms with van der Waals surface area (Å²) in [4.78, 5) is 14.2. The topological polar surface area (TPSA) is 43.1 Å². The minimum absolute atomic E-state index is 0.0741. The Kier molecular flexibility index (Phi) is 1.85. The van der Waals surface area contributed by atoms with Gasteiger partial charge in [-0.1, -0.05) is 0 Å². The molecule has 0 spiro atoms. The summed E-state index contributed by atoms with van der Waals surface area (Å²) >= 11 is 5.19. The number of oxazole rings is 1. The predicted octanol–water partition coefficient (Wildman–Crippen LogP) is 1.10. The van der Waals surface area contributed by atoms with Gasteiger partial charge < -0.3 is 4.42 Å². The molecule has 3 nitrogen and oxygen atoms in total. The van der Waals surface area contributed by atoms with Crippen molar-refractivity contribution in [1.82, 2.24) is 4.98 Å². The van der Waals surface area contributed by atoms with Gasteiger partial charge in [0, 0.05) is 0 Å². The first kappa shape index (κ1) is 6.29. The van der Waals surface area contributed by atoms with E-state index < -0.39 is 0 Å². The number of alkyl halides is 1. The molecular weight excluding hydrogens is 142 g/mol. The molecule has 4 heteroatoms. The first-order valence-corrected chi connectivity index (χ1v) is 2.86. The number of rotatable bonds is 2. The van der Waals surface area contributed by atoms with Crippen molar-refractivity contribution < 1.29 is 9.21 Å². The van der Waals surface area contributed by atoms with Gasteiger partial charge >= 0.3 is 0 Å². The van der Waals surface area contributed by atoms with Crippen LogP contribution in [0.3, 0.4) is 0 Å². The van der Waals surface area contributed by atoms with Gasteiger partial charge in [0.25, 0.3) is 5.89 Å². The lowest BCUT2D eigenvalue weighted by molar-refractivity contribution is 0.0984. The zero-order valence-corrected chi connectivity index (χ0v) is 5.26. The molecule has 48 valence electrons. The second-order valence-corrected chi connectivity index (χ2v) is 1.66. The van der Waals surface area contributed by atoms with Crippen LogP contribution in [0.15, 0.2) is 16.9 Å². The molecule has 0 radical (unpaired) electrons. The van der Waals surface area contributed by atoms with Crippen LogP contribution in [0.5, 0.6) is 0 Å². The number of carbonyl (C=O) groups is 1. The van der Waals surface area contributed by atoms with Crippen LogP contribution >= 0.6 is 11.6 Å². The molecule has 0 amide bonds. The molecule has 1 heterocycles. The normalized spacial score (nSPS) is 9.44. The highest BCUT2D eigenvalue weighted by Crippen LogP contribution is 1.96. The zero-order chi connectivity index (χ0) is 6.69. The van der Waals surface area contributed by atoms with Crippen LogP contribution in [0.4, 0.5) is 0 Å². The highest BCUT2D eigenvalue weighted by Gasteiger charge is 2.06. The van der Waals surface area contributed by atoms with Crippen LogP contribution in [-0.4, -0.2) is 16.6 Å². The third-order valence-electron chi connectivity index (χ3n) is 0.792. The van der Waals surface area contributed by atoms with Crippen LogP contribution in [-0.2, 0) is 0 Å². The van der Waals surface area contributed by atoms with Crippen LogP contribution in [0, 0.1) is 0 Å². The maximum absolute atomic E-state index is 10.6. The van der Waals surface area contributed by atoms with E-state index in [1.807, 2.05) is 0 Å². The van der Waals surface area contributed by atoms with Crippen molar-refractivity contribution in [2.75, 3.05) is 5.88 Å². The van der Waals surface area contributed by atoms with Gasteiger partial charge in [0.2, 0.25) is 5.78 Å². The fraction of sp³-hybridized carbons (Fsp3) is 0.200. The molecule has 0 unspecified atom stereocenters. The van der Waals surface area contributed by atoms with E-state index in [0.29, 0.717) is 0 Å². The second-order valence-electron chi connectivity index (χ2n) is 1.39. The third-order valence-corrected chi connectivity index (χ3v) is 1.03. The Morgan fingerprint density at radius 1 is 1.89 bits per heavy atom. The summed E-state index contributed by atoms with van der Waals surface area (Å²) in [5, 5.41) is 0. The average Bonchev–Trinajstić information content (AvgIpc) is 2.37. The minimum Gasteiger partial charge on any atom is -0.442 e. The monoisotopic (exact) mass is 145 g/mol. The Bertz CT molecular complexity index is 195. The van der Waals surface area contributed by atoms with Crippen LogP contribution in [0.1, 0.15) is 10.7 Å². The molecule has 0 aliphatic heterocycles. The molecule has 1 rings (SSSR count). The number of aromatic nitrogens is 1. The molecule has 9 heavy (non-hydrogen) atoms. The predicted molar refractivity (Wildman–Crippen MR) is 31.6 cm³/mol. The Morgan fingerprint density at radius 3 is 3.11 bits per heavy atom. The van der Waals surface area contributed by atoms with Crippen molar-refractivity contribution in [3.63, 3.8) is 0 Å². The van der Waals surface area contributed by atoms with Crippen molar-refractivity contribution in [1.29, 1.82) is 0 Å². The summed E-state index contributed by atoms with van der Waals surface area (Å²) in [7, 11) is 0. The van der Waals surface area contributed by atoms with E-state index in [1.165, 1.54) is 12.5 Å². The molecule has 0 fully saturated rings. The van der Waals surface area contributed by atoms with Crippen molar-refractivity contribution >= 4 is 17.4 Å². The second kappa shape index (κ2) is 2.64. The molecule has 1 aromatic heterocycles. The van der Waals surface area contributed by atoms with Crippen molar-refractivity contribution in [2.24, 2.45) is 0 Å². The van der Waals surface area contributed by atoms with Gasteiger partial charge in [0.15, 0.2) is 0 Å². The molecule has 0 bridgehead atoms. The van der Waals surface area contributed by atoms with Gasteiger partial charge in [-0.2, -0.15) is 0 Å². The van der Waals surface area contributed by atoms with Gasteiger partial charge in [0.1, 0.15) is 6.26 Å². The third kappa shape index (κ3) is 1.29. The van der Waals surface area contributed by atoms with Gasteiger partial charge in [0.05, 0.1) is 12.1 Å². The molecule has 0 aliphatic carbocycles. The number of carbonyl (C=O) groups excluding carboxylic acids is 1. The molecule has 0 aromatic carbocycles. The lowest BCUT2D eigenvalue weighted by atomic mass is 10.5. The van der Waals surface area contributed by atoms with E-state index in [9.17, 15) is 4.79 Å². The number of nitrogens with zero attached hydrogens (tertiary/aromatic N) is 1. The maximum Gasteiger partial charge on any atom is 0.264 e. The Labute approximate surface area is 56.6 Å². The summed E-state index contributed by atoms with van der Waals surface area (Å²) < 4.78 is 4.64. The Morgan fingerprint density at radius 2 is 2.67 bits per heavy atom. The zero-order valence-electron chi connectivity index (χ0n) is 4.50. The van der Waals surface area contributed by atoms with Gasteiger partial charge in [-0.05, 0) is 0 Å². The SMILES string of the molecule is O=C(CCl)c1ncco1. The maximum atomic E-state index is 10.6. The van der Waals surface area contributed by atoms with Crippen molar-refractivity contribution in [3.05, 3.63) is 18.4 Å². The van der Waals surface area contributed by atoms with E-state index in [1.54, 1.807) is 0 Å². The van der Waals surface area contributed by atoms with Gasteiger partial charge in [-0.25, -0.2) is 4.98 Å². The molecule has 1 aromatic rings. The smallest absolute Gasteiger partial charge is 0.264 e. The summed E-state index contributed by atoms with van der Waals surface area (Å²) in [5.74, 6) is -0.299. The molecule has 0 saturated carbocycles. The molecule has 0 N–H and O–H groups in total. The van der Waals surface area contributed by atoms with Crippen LogP contribution < -0.4 is 0 Å². The summed E-state index contributed by atoms with van der Waals surface area (Å²) in [6.45, 7) is 0. The van der Waals surface area contributed by atoms with E-state index >= 15 is 0 Å². The first-order chi connectivity index (χ1) is 4.34. The van der Waals surface area contributed by atoms with E-state index in [4.69, 9.17) is 11.6 Å². The largest absolute Gasteiger partial charge is 0.442 e. The number of halogens is 1. The van der Waals surface area contributed by atoms with E-state index in [0.717, 1.165) is 0 Å². The first-order valence-electron chi connectivity index (χ1n) is 2.33. The molecule has 0 saturated heterocycles. The van der Waals surface area contributed by atoms with Crippen LogP contribution in [0.2, 0.25) is 0 Å². The average molecular weight is 146 g/mol. The van der Waals surface area contributed by atoms with Crippen LogP contribution in [0.25, 0.3) is 0 Å². The van der Waals surface area contributed by atoms with E-state index in [2.05, 4.69) is 9.40 Å². The molecule has 0 atom stereocenters. The van der Waals surface area contributed by atoms with E-state index in [-0.39, 0.29) is 17.6 Å². The summed E-state index contributed by atoms with van der Waals surface area (Å²) in [6, 6.07) is 0. The number of ketones is 1. The highest BCUT2D eigenvalue weighted by molar-refractivity contribution is 6.29. The van der Waals surface area contributed by atoms with Crippen molar-refractivity contribution in [2.45, 2.75) is 0 Å². The lowest BCUT2D eigenvalue weighted by Gasteiger charge is -1.83. The summed E-state index contributed by atoms with van der Waals surface area (Å²) in [5.41, 5.74) is 0. The van der Waals surface area contributed by atoms with Gasteiger partial charge in [-0.15, -0.1) is 11.6 Å². The number of Topliss-reactive ketones (excluding diaryl/α,β-unsaturated/α-hetero) is 1. The fourth-order valence-corrected chi connectivity index (χ4v) is 0.533. The fourth-order valence-electron chi connectivity index (χ4n) is 0.418.